The lowest BCUT2D eigenvalue weighted by molar-refractivity contribution is -0.115. The van der Waals surface area contributed by atoms with Crippen LogP contribution in [0.4, 0.5) is 0 Å². The topological polar surface area (TPSA) is 50.7 Å². The predicted octanol–water partition coefficient (Wildman–Crippen LogP) is 4.12. The number of aryl methyl sites for hydroxylation is 4. The molecule has 0 atom stereocenters. The highest BCUT2D eigenvalue weighted by atomic mass is 16.5. The van der Waals surface area contributed by atoms with Crippen LogP contribution in [0.3, 0.4) is 0 Å². The number of benzene rings is 2. The SMILES string of the molecule is COc1cccc(CCC2=N/C(=C\c3c(C)cc(C)cc3C)C(=O)N2)c1. The van der Waals surface area contributed by atoms with Crippen molar-refractivity contribution in [1.29, 1.82) is 0 Å². The number of hydrogen-bond donors (Lipinski definition) is 1. The van der Waals surface area contributed by atoms with Gasteiger partial charge in [-0.05, 0) is 67.7 Å². The molecule has 0 spiro atoms. The molecule has 134 valence electrons. The number of carbonyl (C=O) groups is 1. The zero-order valence-corrected chi connectivity index (χ0v) is 15.7. The fourth-order valence-electron chi connectivity index (χ4n) is 3.28. The normalized spacial score (nSPS) is 15.2. The monoisotopic (exact) mass is 348 g/mol. The van der Waals surface area contributed by atoms with Gasteiger partial charge in [0.25, 0.3) is 5.91 Å². The van der Waals surface area contributed by atoms with Crippen LogP contribution in [0.1, 0.15) is 34.2 Å². The van der Waals surface area contributed by atoms with Gasteiger partial charge in [0.05, 0.1) is 7.11 Å². The Kier molecular flexibility index (Phi) is 5.21. The minimum absolute atomic E-state index is 0.134. The third kappa shape index (κ3) is 4.02. The van der Waals surface area contributed by atoms with Crippen molar-refractivity contribution in [2.45, 2.75) is 33.6 Å². The van der Waals surface area contributed by atoms with Crippen molar-refractivity contribution in [2.75, 3.05) is 7.11 Å². The maximum Gasteiger partial charge on any atom is 0.275 e. The van der Waals surface area contributed by atoms with Gasteiger partial charge < -0.3 is 10.1 Å². The van der Waals surface area contributed by atoms with E-state index in [4.69, 9.17) is 4.74 Å². The fraction of sp³-hybridized carbons (Fsp3) is 0.273. The fourth-order valence-corrected chi connectivity index (χ4v) is 3.28. The standard InChI is InChI=1S/C22H24N2O2/c1-14-10-15(2)19(16(3)11-14)13-20-22(25)24-21(23-20)9-8-17-6-5-7-18(12-17)26-4/h5-7,10-13H,8-9H2,1-4H3,(H,23,24,25)/b20-13-. The molecule has 4 heteroatoms. The Hall–Kier alpha value is -2.88. The molecule has 1 aliphatic heterocycles. The zero-order valence-electron chi connectivity index (χ0n) is 15.7. The Bertz CT molecular complexity index is 887. The molecule has 0 fully saturated rings. The number of methoxy groups -OCH3 is 1. The molecule has 0 radical (unpaired) electrons. The molecule has 0 saturated heterocycles. The summed E-state index contributed by atoms with van der Waals surface area (Å²) >= 11 is 0. The summed E-state index contributed by atoms with van der Waals surface area (Å²) in [5.41, 5.74) is 6.23. The molecule has 1 aliphatic rings. The molecule has 1 amide bonds. The van der Waals surface area contributed by atoms with Crippen molar-refractivity contribution < 1.29 is 9.53 Å². The number of nitrogens with one attached hydrogen (secondary N) is 1. The summed E-state index contributed by atoms with van der Waals surface area (Å²) in [7, 11) is 1.66. The number of hydrogen-bond acceptors (Lipinski definition) is 3. The average molecular weight is 348 g/mol. The van der Waals surface area contributed by atoms with E-state index in [1.807, 2.05) is 24.3 Å². The third-order valence-corrected chi connectivity index (χ3v) is 4.55. The highest BCUT2D eigenvalue weighted by Gasteiger charge is 2.20. The Morgan fingerprint density at radius 3 is 2.50 bits per heavy atom. The number of rotatable bonds is 5. The summed E-state index contributed by atoms with van der Waals surface area (Å²) in [4.78, 5) is 16.8. The van der Waals surface area contributed by atoms with E-state index in [9.17, 15) is 4.79 Å². The van der Waals surface area contributed by atoms with Crippen molar-refractivity contribution in [3.05, 3.63) is 69.9 Å². The van der Waals surface area contributed by atoms with Gasteiger partial charge in [-0.25, -0.2) is 4.99 Å². The van der Waals surface area contributed by atoms with Crippen LogP contribution in [0.2, 0.25) is 0 Å². The van der Waals surface area contributed by atoms with E-state index in [1.165, 1.54) is 5.56 Å². The molecular weight excluding hydrogens is 324 g/mol. The molecule has 0 unspecified atom stereocenters. The lowest BCUT2D eigenvalue weighted by atomic mass is 9.99. The second-order valence-electron chi connectivity index (χ2n) is 6.71. The van der Waals surface area contributed by atoms with E-state index in [2.05, 4.69) is 49.3 Å². The van der Waals surface area contributed by atoms with Gasteiger partial charge in [0, 0.05) is 6.42 Å². The van der Waals surface area contributed by atoms with Crippen LogP contribution in [0.15, 0.2) is 47.1 Å². The molecule has 3 rings (SSSR count). The molecule has 4 nitrogen and oxygen atoms in total. The second-order valence-corrected chi connectivity index (χ2v) is 6.71. The number of amidine groups is 1. The number of aliphatic imine (C=N–C) groups is 1. The second kappa shape index (κ2) is 7.56. The van der Waals surface area contributed by atoms with Crippen LogP contribution in [0, 0.1) is 20.8 Å². The average Bonchev–Trinajstić information content (AvgIpc) is 2.96. The molecule has 1 N–H and O–H groups in total. The summed E-state index contributed by atoms with van der Waals surface area (Å²) in [6, 6.07) is 12.2. The minimum atomic E-state index is -0.134. The highest BCUT2D eigenvalue weighted by Crippen LogP contribution is 2.22. The predicted molar refractivity (Wildman–Crippen MR) is 106 cm³/mol. The Morgan fingerprint density at radius 1 is 1.08 bits per heavy atom. The summed E-state index contributed by atoms with van der Waals surface area (Å²) in [5, 5.41) is 2.88. The Labute approximate surface area is 154 Å². The van der Waals surface area contributed by atoms with Crippen LogP contribution in [0.25, 0.3) is 6.08 Å². The van der Waals surface area contributed by atoms with Crippen molar-refractivity contribution in [3.63, 3.8) is 0 Å². The summed E-state index contributed by atoms with van der Waals surface area (Å²) in [5.74, 6) is 1.42. The number of carbonyl (C=O) groups excluding carboxylic acids is 1. The minimum Gasteiger partial charge on any atom is -0.497 e. The molecular formula is C22H24N2O2. The first-order valence-corrected chi connectivity index (χ1v) is 8.77. The van der Waals surface area contributed by atoms with Gasteiger partial charge in [0.1, 0.15) is 17.3 Å². The summed E-state index contributed by atoms with van der Waals surface area (Å²) in [6.07, 6.45) is 3.37. The van der Waals surface area contributed by atoms with E-state index in [1.54, 1.807) is 7.11 Å². The van der Waals surface area contributed by atoms with Gasteiger partial charge in [-0.15, -0.1) is 0 Å². The molecule has 2 aromatic rings. The van der Waals surface area contributed by atoms with Gasteiger partial charge in [0.15, 0.2) is 0 Å². The maximum atomic E-state index is 12.3. The first kappa shape index (κ1) is 17.9. The molecule has 0 aliphatic carbocycles. The highest BCUT2D eigenvalue weighted by molar-refractivity contribution is 6.14. The van der Waals surface area contributed by atoms with E-state index < -0.39 is 0 Å². The van der Waals surface area contributed by atoms with Crippen molar-refractivity contribution in [1.82, 2.24) is 5.32 Å². The Balaban J connectivity index is 1.77. The molecule has 1 heterocycles. The zero-order chi connectivity index (χ0) is 18.7. The lowest BCUT2D eigenvalue weighted by Gasteiger charge is -2.07. The lowest BCUT2D eigenvalue weighted by Crippen LogP contribution is -2.24. The first-order chi connectivity index (χ1) is 12.5. The quantitative estimate of drug-likeness (QED) is 0.826. The van der Waals surface area contributed by atoms with Gasteiger partial charge >= 0.3 is 0 Å². The van der Waals surface area contributed by atoms with Gasteiger partial charge in [0.2, 0.25) is 0 Å². The van der Waals surface area contributed by atoms with Crippen molar-refractivity contribution >= 4 is 17.8 Å². The number of nitrogens with zero attached hydrogens (tertiary/aromatic N) is 1. The molecule has 2 aromatic carbocycles. The van der Waals surface area contributed by atoms with Crippen LogP contribution in [0.5, 0.6) is 5.75 Å². The van der Waals surface area contributed by atoms with E-state index in [0.717, 1.165) is 34.4 Å². The van der Waals surface area contributed by atoms with Crippen LogP contribution in [-0.4, -0.2) is 18.9 Å². The molecule has 0 aromatic heterocycles. The number of amides is 1. The summed E-state index contributed by atoms with van der Waals surface area (Å²) < 4.78 is 5.25. The van der Waals surface area contributed by atoms with Gasteiger partial charge in [-0.1, -0.05) is 29.8 Å². The van der Waals surface area contributed by atoms with Crippen molar-refractivity contribution in [2.24, 2.45) is 4.99 Å². The Morgan fingerprint density at radius 2 is 1.81 bits per heavy atom. The maximum absolute atomic E-state index is 12.3. The van der Waals surface area contributed by atoms with Crippen molar-refractivity contribution in [3.8, 4) is 5.75 Å². The smallest absolute Gasteiger partial charge is 0.275 e. The molecule has 0 saturated carbocycles. The largest absolute Gasteiger partial charge is 0.497 e. The summed E-state index contributed by atoms with van der Waals surface area (Å²) in [6.45, 7) is 6.20. The third-order valence-electron chi connectivity index (χ3n) is 4.55. The van der Waals surface area contributed by atoms with E-state index in [-0.39, 0.29) is 5.91 Å². The van der Waals surface area contributed by atoms with Crippen LogP contribution >= 0.6 is 0 Å². The molecule has 26 heavy (non-hydrogen) atoms. The van der Waals surface area contributed by atoms with Crippen LogP contribution < -0.4 is 10.1 Å². The van der Waals surface area contributed by atoms with E-state index >= 15 is 0 Å². The van der Waals surface area contributed by atoms with E-state index in [0.29, 0.717) is 18.0 Å². The van der Waals surface area contributed by atoms with Gasteiger partial charge in [-0.2, -0.15) is 0 Å². The number of ether oxygens (including phenoxy) is 1. The van der Waals surface area contributed by atoms with Gasteiger partial charge in [-0.3, -0.25) is 4.79 Å². The first-order valence-electron chi connectivity index (χ1n) is 8.77. The van der Waals surface area contributed by atoms with Crippen LogP contribution in [-0.2, 0) is 11.2 Å². The molecule has 0 bridgehead atoms.